The van der Waals surface area contributed by atoms with Crippen molar-refractivity contribution in [2.24, 2.45) is 0 Å². The van der Waals surface area contributed by atoms with E-state index in [-0.39, 0.29) is 5.13 Å². The van der Waals surface area contributed by atoms with Gasteiger partial charge in [-0.05, 0) is 100 Å². The first kappa shape index (κ1) is 29.0. The van der Waals surface area contributed by atoms with Crippen LogP contribution in [-0.4, -0.2) is 27.9 Å². The van der Waals surface area contributed by atoms with Crippen molar-refractivity contribution < 1.29 is 27.8 Å². The third-order valence-corrected chi connectivity index (χ3v) is 6.79. The number of hydrogen-bond donors (Lipinski definition) is 2. The maximum absolute atomic E-state index is 13.5. The Morgan fingerprint density at radius 1 is 0.825 bits per heavy atom. The number of halogens is 3. The summed E-state index contributed by atoms with van der Waals surface area (Å²) in [6, 6.07) is 17.6. The molecule has 1 heterocycles. The van der Waals surface area contributed by atoms with Crippen LogP contribution in [0, 0.1) is 11.6 Å². The Bertz CT molecular complexity index is 1510. The Balaban J connectivity index is 1.51. The molecule has 3 aromatic carbocycles. The fourth-order valence-corrected chi connectivity index (χ4v) is 4.40. The molecule has 4 aromatic rings. The van der Waals surface area contributed by atoms with Gasteiger partial charge in [0.1, 0.15) is 34.4 Å². The molecule has 0 aliphatic rings. The number of amides is 2. The van der Waals surface area contributed by atoms with Crippen LogP contribution in [0.3, 0.4) is 0 Å². The first-order valence-corrected chi connectivity index (χ1v) is 13.3. The summed E-state index contributed by atoms with van der Waals surface area (Å²) in [5.41, 5.74) is -1.77. The Hall–Kier alpha value is -4.02. The number of benzene rings is 3. The van der Waals surface area contributed by atoms with Gasteiger partial charge in [0.05, 0.1) is 0 Å². The Morgan fingerprint density at radius 2 is 1.38 bits per heavy atom. The van der Waals surface area contributed by atoms with Gasteiger partial charge in [-0.15, -0.1) is 0 Å². The number of anilines is 1. The van der Waals surface area contributed by atoms with Gasteiger partial charge in [0, 0.05) is 10.6 Å². The van der Waals surface area contributed by atoms with Crippen LogP contribution in [-0.2, 0) is 9.59 Å². The lowest BCUT2D eigenvalue weighted by molar-refractivity contribution is -0.138. The molecule has 1 aromatic heterocycles. The topological polar surface area (TPSA) is 89.5 Å². The van der Waals surface area contributed by atoms with Crippen molar-refractivity contribution in [2.45, 2.75) is 38.8 Å². The number of rotatable bonds is 9. The van der Waals surface area contributed by atoms with E-state index in [1.54, 1.807) is 52.0 Å². The van der Waals surface area contributed by atoms with Crippen LogP contribution in [0.5, 0.6) is 16.6 Å². The summed E-state index contributed by atoms with van der Waals surface area (Å²) >= 11 is 6.94. The summed E-state index contributed by atoms with van der Waals surface area (Å²) in [4.78, 5) is 30.8. The molecule has 11 heteroatoms. The molecule has 40 heavy (non-hydrogen) atoms. The number of ether oxygens (including phenoxy) is 2. The van der Waals surface area contributed by atoms with Crippen LogP contribution < -0.4 is 20.1 Å². The van der Waals surface area contributed by atoms with Crippen molar-refractivity contribution in [1.82, 2.24) is 10.3 Å². The molecule has 0 unspecified atom stereocenters. The summed E-state index contributed by atoms with van der Waals surface area (Å²) in [6.45, 7) is 6.26. The molecule has 0 saturated carbocycles. The molecule has 0 atom stereocenters. The summed E-state index contributed by atoms with van der Waals surface area (Å²) in [6.07, 6.45) is 0. The molecule has 4 rings (SSSR count). The van der Waals surface area contributed by atoms with Crippen molar-refractivity contribution in [3.05, 3.63) is 89.5 Å². The Labute approximate surface area is 239 Å². The second-order valence-electron chi connectivity index (χ2n) is 9.82. The van der Waals surface area contributed by atoms with Crippen LogP contribution in [0.15, 0.2) is 72.8 Å². The van der Waals surface area contributed by atoms with Gasteiger partial charge in [0.2, 0.25) is 5.06 Å². The highest BCUT2D eigenvalue weighted by Crippen LogP contribution is 2.41. The van der Waals surface area contributed by atoms with E-state index in [4.69, 9.17) is 21.1 Å². The Morgan fingerprint density at radius 3 is 1.98 bits per heavy atom. The highest BCUT2D eigenvalue weighted by atomic mass is 35.5. The molecule has 7 nitrogen and oxygen atoms in total. The van der Waals surface area contributed by atoms with Crippen molar-refractivity contribution in [3.8, 4) is 27.8 Å². The van der Waals surface area contributed by atoms with Gasteiger partial charge < -0.3 is 14.8 Å². The quantitative estimate of drug-likeness (QED) is 0.216. The number of aromatic nitrogens is 1. The van der Waals surface area contributed by atoms with Crippen LogP contribution in [0.2, 0.25) is 5.02 Å². The number of carbonyl (C=O) groups excluding carboxylic acids is 2. The van der Waals surface area contributed by atoms with E-state index in [0.29, 0.717) is 32.8 Å². The van der Waals surface area contributed by atoms with Crippen LogP contribution in [0.25, 0.3) is 11.3 Å². The molecular formula is C29H26ClF2N3O4S. The zero-order valence-corrected chi connectivity index (χ0v) is 23.6. The minimum atomic E-state index is -1.36. The van der Waals surface area contributed by atoms with Crippen molar-refractivity contribution in [1.29, 1.82) is 0 Å². The lowest BCUT2D eigenvalue weighted by Gasteiger charge is -2.31. The van der Waals surface area contributed by atoms with Crippen LogP contribution in [0.1, 0.15) is 27.7 Å². The summed E-state index contributed by atoms with van der Waals surface area (Å²) in [7, 11) is 0. The summed E-state index contributed by atoms with van der Waals surface area (Å²) < 4.78 is 38.6. The highest BCUT2D eigenvalue weighted by Gasteiger charge is 2.38. The number of nitrogens with one attached hydrogen (secondary N) is 2. The predicted molar refractivity (Wildman–Crippen MR) is 151 cm³/mol. The van der Waals surface area contributed by atoms with Crippen LogP contribution >= 0.6 is 22.9 Å². The number of nitrogens with zero attached hydrogens (tertiary/aromatic N) is 1. The number of carbonyl (C=O) groups is 2. The van der Waals surface area contributed by atoms with E-state index >= 15 is 0 Å². The molecule has 0 bridgehead atoms. The summed E-state index contributed by atoms with van der Waals surface area (Å²) in [5, 5.41) is 6.45. The van der Waals surface area contributed by atoms with Crippen molar-refractivity contribution in [3.63, 3.8) is 0 Å². The maximum Gasteiger partial charge on any atom is 0.264 e. The molecule has 0 aliphatic heterocycles. The second-order valence-corrected chi connectivity index (χ2v) is 11.2. The molecule has 0 spiro atoms. The van der Waals surface area contributed by atoms with Gasteiger partial charge in [-0.3, -0.25) is 14.9 Å². The molecule has 0 fully saturated rings. The van der Waals surface area contributed by atoms with E-state index in [0.717, 1.165) is 11.3 Å². The van der Waals surface area contributed by atoms with Gasteiger partial charge in [-0.1, -0.05) is 22.9 Å². The third kappa shape index (κ3) is 7.13. The van der Waals surface area contributed by atoms with Crippen LogP contribution in [0.4, 0.5) is 13.9 Å². The maximum atomic E-state index is 13.5. The molecule has 0 saturated heterocycles. The largest absolute Gasteiger partial charge is 0.478 e. The van der Waals surface area contributed by atoms with Gasteiger partial charge in [0.25, 0.3) is 11.8 Å². The van der Waals surface area contributed by atoms with E-state index in [9.17, 15) is 18.4 Å². The average molecular weight is 586 g/mol. The van der Waals surface area contributed by atoms with E-state index < -0.39 is 34.6 Å². The molecule has 0 radical (unpaired) electrons. The SMILES string of the molecule is CC(C)(NC(=O)C(C)(C)Oc1ccc(Cl)cc1)C(=O)Nc1nc(-c2ccc(F)cc2)c(Oc2ccc(F)cc2)s1. The fraction of sp³-hybridized carbons (Fsp3) is 0.207. The van der Waals surface area contributed by atoms with Crippen molar-refractivity contribution >= 4 is 39.9 Å². The van der Waals surface area contributed by atoms with E-state index in [1.807, 2.05) is 0 Å². The minimum Gasteiger partial charge on any atom is -0.478 e. The normalized spacial score (nSPS) is 11.6. The third-order valence-electron chi connectivity index (χ3n) is 5.69. The number of thiazole rings is 1. The minimum absolute atomic E-state index is 0.181. The van der Waals surface area contributed by atoms with E-state index in [1.165, 1.54) is 48.5 Å². The first-order valence-electron chi connectivity index (χ1n) is 12.1. The van der Waals surface area contributed by atoms with Gasteiger partial charge >= 0.3 is 0 Å². The second kappa shape index (κ2) is 11.6. The first-order chi connectivity index (χ1) is 18.8. The number of hydrogen-bond acceptors (Lipinski definition) is 6. The lowest BCUT2D eigenvalue weighted by atomic mass is 10.0. The molecule has 208 valence electrons. The predicted octanol–water partition coefficient (Wildman–Crippen LogP) is 7.22. The zero-order chi connectivity index (χ0) is 29.1. The van der Waals surface area contributed by atoms with E-state index in [2.05, 4.69) is 15.6 Å². The van der Waals surface area contributed by atoms with Gasteiger partial charge in [-0.2, -0.15) is 0 Å². The zero-order valence-electron chi connectivity index (χ0n) is 22.1. The van der Waals surface area contributed by atoms with Gasteiger partial charge in [-0.25, -0.2) is 13.8 Å². The van der Waals surface area contributed by atoms with Crippen molar-refractivity contribution in [2.75, 3.05) is 5.32 Å². The molecule has 0 aliphatic carbocycles. The highest BCUT2D eigenvalue weighted by molar-refractivity contribution is 7.18. The molecular weight excluding hydrogens is 560 g/mol. The molecule has 2 N–H and O–H groups in total. The van der Waals surface area contributed by atoms with Gasteiger partial charge in [0.15, 0.2) is 10.7 Å². The Kier molecular flexibility index (Phi) is 8.41. The standard InChI is InChI=1S/C29H26ClF2N3O4S/c1-28(2,35-26(37)29(3,4)39-22-13-7-18(30)8-14-22)25(36)34-27-33-23(17-5-9-19(31)10-6-17)24(40-27)38-21-15-11-20(32)12-16-21/h5-16H,1-4H3,(H,35,37)(H,33,34,36). The summed E-state index contributed by atoms with van der Waals surface area (Å²) in [5.74, 6) is -1.12. The smallest absolute Gasteiger partial charge is 0.264 e. The fourth-order valence-electron chi connectivity index (χ4n) is 3.42. The lowest BCUT2D eigenvalue weighted by Crippen LogP contribution is -2.58. The molecule has 2 amide bonds. The monoisotopic (exact) mass is 585 g/mol. The average Bonchev–Trinajstić information content (AvgIpc) is 3.28.